The Labute approximate surface area is 202 Å². The van der Waals surface area contributed by atoms with Gasteiger partial charge >= 0.3 is 0 Å². The van der Waals surface area contributed by atoms with Crippen LogP contribution in [0.2, 0.25) is 5.04 Å². The minimum atomic E-state index is -2.54. The molecule has 2 aromatic rings. The highest BCUT2D eigenvalue weighted by Crippen LogP contribution is 2.37. The number of ketones is 1. The van der Waals surface area contributed by atoms with Crippen molar-refractivity contribution in [3.63, 3.8) is 0 Å². The van der Waals surface area contributed by atoms with Gasteiger partial charge in [0.05, 0.1) is 6.61 Å². The molecule has 0 aromatic heterocycles. The first-order valence-electron chi connectivity index (χ1n) is 11.9. The molecular formula is C30H40O2Si. The highest BCUT2D eigenvalue weighted by atomic mass is 28.4. The fraction of sp³-hybridized carbons (Fsp3) is 0.367. The van der Waals surface area contributed by atoms with Crippen LogP contribution in [0.4, 0.5) is 0 Å². The van der Waals surface area contributed by atoms with Crippen molar-refractivity contribution < 1.29 is 9.22 Å². The van der Waals surface area contributed by atoms with Crippen LogP contribution in [0.15, 0.2) is 96.1 Å². The molecule has 0 saturated carbocycles. The lowest BCUT2D eigenvalue weighted by Crippen LogP contribution is -2.66. The molecular weight excluding hydrogens is 420 g/mol. The summed E-state index contributed by atoms with van der Waals surface area (Å²) < 4.78 is 7.07. The Morgan fingerprint density at radius 3 is 1.94 bits per heavy atom. The van der Waals surface area contributed by atoms with Gasteiger partial charge in [-0.3, -0.25) is 4.79 Å². The van der Waals surface area contributed by atoms with E-state index >= 15 is 0 Å². The molecule has 0 saturated heterocycles. The predicted molar refractivity (Wildman–Crippen MR) is 145 cm³/mol. The minimum absolute atomic E-state index is 0.0314. The summed E-state index contributed by atoms with van der Waals surface area (Å²) in [4.78, 5) is 11.0. The Hall–Kier alpha value is -2.49. The van der Waals surface area contributed by atoms with E-state index in [0.29, 0.717) is 6.61 Å². The maximum absolute atomic E-state index is 11.0. The van der Waals surface area contributed by atoms with E-state index in [2.05, 4.69) is 107 Å². The number of allylic oxidation sites excluding steroid dienone is 4. The van der Waals surface area contributed by atoms with Crippen LogP contribution in [-0.2, 0) is 9.22 Å². The lowest BCUT2D eigenvalue weighted by molar-refractivity contribution is -0.112. The Morgan fingerprint density at radius 2 is 1.48 bits per heavy atom. The van der Waals surface area contributed by atoms with Crippen LogP contribution in [0, 0.1) is 0 Å². The Kier molecular flexibility index (Phi) is 10.3. The van der Waals surface area contributed by atoms with Gasteiger partial charge in [-0.15, -0.1) is 0 Å². The third kappa shape index (κ3) is 7.51. The maximum atomic E-state index is 11.0. The average molecular weight is 461 g/mol. The summed E-state index contributed by atoms with van der Waals surface area (Å²) in [6.45, 7) is 13.4. The van der Waals surface area contributed by atoms with Gasteiger partial charge < -0.3 is 4.43 Å². The smallest absolute Gasteiger partial charge is 0.261 e. The van der Waals surface area contributed by atoms with Gasteiger partial charge in [0, 0.05) is 0 Å². The number of hydrogen-bond acceptors (Lipinski definition) is 2. The summed E-state index contributed by atoms with van der Waals surface area (Å²) in [5.41, 5.74) is 2.55. The van der Waals surface area contributed by atoms with Crippen molar-refractivity contribution >= 4 is 24.5 Å². The van der Waals surface area contributed by atoms with Gasteiger partial charge in [0.25, 0.3) is 8.32 Å². The fourth-order valence-electron chi connectivity index (χ4n) is 4.30. The SMILES string of the molecule is C/C=C(/C=C(\C)CCC/C=C/C(C)=O)CO[Si](c1ccccc1)(c1ccccc1)C(C)(C)C. The van der Waals surface area contributed by atoms with Crippen molar-refractivity contribution in [2.75, 3.05) is 6.61 Å². The molecule has 0 aliphatic rings. The Balaban J connectivity index is 2.27. The van der Waals surface area contributed by atoms with Crippen molar-refractivity contribution in [2.45, 2.75) is 65.8 Å². The zero-order chi connectivity index (χ0) is 24.3. The molecule has 176 valence electrons. The molecule has 0 fully saturated rings. The third-order valence-corrected chi connectivity index (χ3v) is 11.0. The van der Waals surface area contributed by atoms with E-state index in [-0.39, 0.29) is 10.8 Å². The van der Waals surface area contributed by atoms with Gasteiger partial charge in [-0.05, 0) is 67.1 Å². The number of carbonyl (C=O) groups is 1. The predicted octanol–water partition coefficient (Wildman–Crippen LogP) is 6.77. The van der Waals surface area contributed by atoms with Crippen molar-refractivity contribution in [1.29, 1.82) is 0 Å². The number of benzene rings is 2. The standard InChI is InChI=1S/C30H40O2Si/c1-7-27(23-25(2)17-11-8-12-18-26(3)31)24-32-33(30(4,5)6,28-19-13-9-14-20-28)29-21-15-10-16-22-29/h7,9-10,12-16,18-23H,8,11,17,24H2,1-6H3/b18-12+,25-23+,27-7-. The van der Waals surface area contributed by atoms with E-state index in [0.717, 1.165) is 19.3 Å². The average Bonchev–Trinajstić information content (AvgIpc) is 2.78. The quantitative estimate of drug-likeness (QED) is 0.160. The molecule has 2 rings (SSSR count). The topological polar surface area (TPSA) is 26.3 Å². The molecule has 0 aliphatic carbocycles. The number of carbonyl (C=O) groups excluding carboxylic acids is 1. The normalized spacial score (nSPS) is 13.5. The molecule has 0 unspecified atom stereocenters. The number of hydrogen-bond donors (Lipinski definition) is 0. The third-order valence-electron chi connectivity index (χ3n) is 5.97. The molecule has 2 aromatic carbocycles. The van der Waals surface area contributed by atoms with Crippen molar-refractivity contribution in [2.24, 2.45) is 0 Å². The van der Waals surface area contributed by atoms with Gasteiger partial charge in [-0.2, -0.15) is 0 Å². The first-order chi connectivity index (χ1) is 15.7. The van der Waals surface area contributed by atoms with Crippen LogP contribution in [0.1, 0.15) is 60.8 Å². The second-order valence-corrected chi connectivity index (χ2v) is 14.0. The molecule has 3 heteroatoms. The first kappa shape index (κ1) is 26.8. The van der Waals surface area contributed by atoms with Crippen molar-refractivity contribution in [1.82, 2.24) is 0 Å². The molecule has 0 radical (unpaired) electrons. The maximum Gasteiger partial charge on any atom is 0.261 e. The summed E-state index contributed by atoms with van der Waals surface area (Å²) in [6.07, 6.45) is 11.0. The van der Waals surface area contributed by atoms with E-state index in [9.17, 15) is 4.79 Å². The van der Waals surface area contributed by atoms with Gasteiger partial charge in [-0.25, -0.2) is 0 Å². The summed E-state index contributed by atoms with van der Waals surface area (Å²) in [5, 5.41) is 2.57. The summed E-state index contributed by atoms with van der Waals surface area (Å²) in [7, 11) is -2.54. The van der Waals surface area contributed by atoms with E-state index in [1.807, 2.05) is 6.08 Å². The lowest BCUT2D eigenvalue weighted by Gasteiger charge is -2.43. The van der Waals surface area contributed by atoms with Crippen LogP contribution >= 0.6 is 0 Å². The number of unbranched alkanes of at least 4 members (excludes halogenated alkanes) is 1. The van der Waals surface area contributed by atoms with Crippen LogP contribution in [0.5, 0.6) is 0 Å². The molecule has 0 N–H and O–H groups in total. The molecule has 0 atom stereocenters. The zero-order valence-electron chi connectivity index (χ0n) is 21.2. The van der Waals surface area contributed by atoms with Crippen molar-refractivity contribution in [3.05, 3.63) is 96.1 Å². The van der Waals surface area contributed by atoms with Gasteiger partial charge in [0.2, 0.25) is 0 Å². The van der Waals surface area contributed by atoms with Gasteiger partial charge in [0.15, 0.2) is 5.78 Å². The van der Waals surface area contributed by atoms with Crippen LogP contribution in [0.3, 0.4) is 0 Å². The van der Waals surface area contributed by atoms with Crippen LogP contribution < -0.4 is 10.4 Å². The summed E-state index contributed by atoms with van der Waals surface area (Å²) >= 11 is 0. The van der Waals surface area contributed by atoms with E-state index in [1.54, 1.807) is 13.0 Å². The first-order valence-corrected chi connectivity index (χ1v) is 13.9. The second-order valence-electron chi connectivity index (χ2n) is 9.71. The summed E-state index contributed by atoms with van der Waals surface area (Å²) in [5.74, 6) is 0.110. The zero-order valence-corrected chi connectivity index (χ0v) is 22.2. The lowest BCUT2D eigenvalue weighted by atomic mass is 10.1. The Bertz CT molecular complexity index is 924. The molecule has 0 heterocycles. The van der Waals surface area contributed by atoms with Gasteiger partial charge in [0.1, 0.15) is 0 Å². The summed E-state index contributed by atoms with van der Waals surface area (Å²) in [6, 6.07) is 21.6. The molecule has 33 heavy (non-hydrogen) atoms. The van der Waals surface area contributed by atoms with E-state index in [4.69, 9.17) is 4.43 Å². The fourth-order valence-corrected chi connectivity index (χ4v) is 8.84. The molecule has 0 spiro atoms. The second kappa shape index (κ2) is 12.7. The minimum Gasteiger partial charge on any atom is -0.403 e. The molecule has 2 nitrogen and oxygen atoms in total. The van der Waals surface area contributed by atoms with E-state index < -0.39 is 8.32 Å². The number of rotatable bonds is 11. The molecule has 0 amide bonds. The largest absolute Gasteiger partial charge is 0.403 e. The van der Waals surface area contributed by atoms with Crippen LogP contribution in [0.25, 0.3) is 0 Å². The molecule has 0 aliphatic heterocycles. The Morgan fingerprint density at radius 1 is 0.939 bits per heavy atom. The van der Waals surface area contributed by atoms with E-state index in [1.165, 1.54) is 21.5 Å². The van der Waals surface area contributed by atoms with Crippen molar-refractivity contribution in [3.8, 4) is 0 Å². The highest BCUT2D eigenvalue weighted by molar-refractivity contribution is 6.99. The van der Waals surface area contributed by atoms with Crippen LogP contribution in [-0.4, -0.2) is 20.7 Å². The highest BCUT2D eigenvalue weighted by Gasteiger charge is 2.50. The monoisotopic (exact) mass is 460 g/mol. The van der Waals surface area contributed by atoms with Gasteiger partial charge in [-0.1, -0.05) is 105 Å². The molecule has 0 bridgehead atoms.